The topological polar surface area (TPSA) is 104 Å². The second-order valence-corrected chi connectivity index (χ2v) is 6.62. The molecule has 0 unspecified atom stereocenters. The van der Waals surface area contributed by atoms with Gasteiger partial charge in [0.15, 0.2) is 5.65 Å². The van der Waals surface area contributed by atoms with Crippen molar-refractivity contribution in [1.29, 1.82) is 0 Å². The normalized spacial score (nSPS) is 14.2. The highest BCUT2D eigenvalue weighted by Gasteiger charge is 2.36. The van der Waals surface area contributed by atoms with E-state index < -0.39 is 0 Å². The number of fused-ring (bicyclic) bond motifs is 1. The quantitative estimate of drug-likeness (QED) is 0.719. The highest BCUT2D eigenvalue weighted by molar-refractivity contribution is 5.96. The number of hydrogen-bond donors (Lipinski definition) is 1. The Morgan fingerprint density at radius 1 is 1.26 bits per heavy atom. The van der Waals surface area contributed by atoms with E-state index in [-0.39, 0.29) is 23.5 Å². The number of likely N-dealkylation sites (N-methyl/N-ethyl adjacent to an activating group) is 1. The van der Waals surface area contributed by atoms with Crippen LogP contribution in [0.5, 0.6) is 0 Å². The molecular formula is C18H18N6O3. The molecule has 1 aliphatic rings. The molecule has 27 heavy (non-hydrogen) atoms. The molecule has 0 radical (unpaired) electrons. The van der Waals surface area contributed by atoms with Crippen LogP contribution in [-0.4, -0.2) is 67.4 Å². The first-order chi connectivity index (χ1) is 12.9. The summed E-state index contributed by atoms with van der Waals surface area (Å²) in [6.07, 6.45) is 1.52. The fourth-order valence-electron chi connectivity index (χ4n) is 3.10. The monoisotopic (exact) mass is 366 g/mol. The molecule has 2 amide bonds. The molecular weight excluding hydrogens is 348 g/mol. The lowest BCUT2D eigenvalue weighted by Crippen LogP contribution is -2.61. The number of amides is 2. The summed E-state index contributed by atoms with van der Waals surface area (Å²) in [4.78, 5) is 44.2. The van der Waals surface area contributed by atoms with Crippen LogP contribution in [0.1, 0.15) is 26.5 Å². The fourth-order valence-corrected chi connectivity index (χ4v) is 3.10. The highest BCUT2D eigenvalue weighted by atomic mass is 16.2. The van der Waals surface area contributed by atoms with Crippen LogP contribution < -0.4 is 5.69 Å². The van der Waals surface area contributed by atoms with Crippen LogP contribution in [0.2, 0.25) is 0 Å². The zero-order chi connectivity index (χ0) is 19.1. The molecule has 3 aromatic rings. The van der Waals surface area contributed by atoms with Crippen molar-refractivity contribution in [3.05, 3.63) is 64.0 Å². The predicted molar refractivity (Wildman–Crippen MR) is 96.6 cm³/mol. The molecule has 4 rings (SSSR count). The average molecular weight is 366 g/mol. The van der Waals surface area contributed by atoms with Gasteiger partial charge in [-0.15, -0.1) is 0 Å². The fraction of sp³-hybridized carbons (Fsp3) is 0.278. The highest BCUT2D eigenvalue weighted by Crippen LogP contribution is 2.19. The molecule has 9 heteroatoms. The van der Waals surface area contributed by atoms with Gasteiger partial charge in [-0.25, -0.2) is 14.9 Å². The van der Waals surface area contributed by atoms with Gasteiger partial charge in [0.2, 0.25) is 0 Å². The Kier molecular flexibility index (Phi) is 3.98. The van der Waals surface area contributed by atoms with Crippen LogP contribution in [0.3, 0.4) is 0 Å². The molecule has 3 aromatic heterocycles. The maximum absolute atomic E-state index is 12.7. The number of carbonyl (C=O) groups excluding carboxylic acids is 2. The lowest BCUT2D eigenvalue weighted by molar-refractivity contribution is 0.0293. The molecule has 138 valence electrons. The molecule has 1 aliphatic heterocycles. The van der Waals surface area contributed by atoms with Crippen molar-refractivity contribution >= 4 is 17.5 Å². The second kappa shape index (κ2) is 6.35. The third-order valence-electron chi connectivity index (χ3n) is 4.79. The van der Waals surface area contributed by atoms with Gasteiger partial charge in [0.1, 0.15) is 5.69 Å². The number of carbonyl (C=O) groups is 2. The van der Waals surface area contributed by atoms with Crippen molar-refractivity contribution in [1.82, 2.24) is 29.4 Å². The van der Waals surface area contributed by atoms with E-state index in [1.807, 2.05) is 13.0 Å². The summed E-state index contributed by atoms with van der Waals surface area (Å²) < 4.78 is 1.33. The molecule has 1 N–H and O–H groups in total. The minimum atomic E-state index is -0.352. The third kappa shape index (κ3) is 2.97. The molecule has 0 saturated carbocycles. The van der Waals surface area contributed by atoms with E-state index in [0.29, 0.717) is 30.0 Å². The summed E-state index contributed by atoms with van der Waals surface area (Å²) in [6, 6.07) is 8.42. The Bertz CT molecular complexity index is 1100. The standard InChI is InChI=1S/C18H18N6O3/c1-11-4-3-5-14(19-11)17(26)23-9-13(10-23)22(2)16(25)12-6-7-24-15(8-12)20-21-18(24)27/h3-8,13H,9-10H2,1-2H3,(H,21,27). The Morgan fingerprint density at radius 3 is 2.78 bits per heavy atom. The summed E-state index contributed by atoms with van der Waals surface area (Å²) in [6.45, 7) is 2.76. The van der Waals surface area contributed by atoms with E-state index in [1.54, 1.807) is 41.1 Å². The number of rotatable bonds is 3. The summed E-state index contributed by atoms with van der Waals surface area (Å²) >= 11 is 0. The Morgan fingerprint density at radius 2 is 2.04 bits per heavy atom. The molecule has 0 aromatic carbocycles. The van der Waals surface area contributed by atoms with Gasteiger partial charge < -0.3 is 9.80 Å². The molecule has 0 spiro atoms. The first-order valence-corrected chi connectivity index (χ1v) is 8.51. The van der Waals surface area contributed by atoms with Gasteiger partial charge in [0.05, 0.1) is 6.04 Å². The summed E-state index contributed by atoms with van der Waals surface area (Å²) in [7, 11) is 1.71. The minimum Gasteiger partial charge on any atom is -0.335 e. The zero-order valence-corrected chi connectivity index (χ0v) is 14.9. The van der Waals surface area contributed by atoms with Crippen LogP contribution in [0.25, 0.3) is 5.65 Å². The van der Waals surface area contributed by atoms with Gasteiger partial charge in [-0.1, -0.05) is 6.07 Å². The number of aryl methyl sites for hydroxylation is 1. The Labute approximate surface area is 154 Å². The van der Waals surface area contributed by atoms with E-state index >= 15 is 0 Å². The lowest BCUT2D eigenvalue weighted by atomic mass is 10.1. The number of pyridine rings is 2. The van der Waals surface area contributed by atoms with E-state index in [0.717, 1.165) is 5.69 Å². The number of aromatic amines is 1. The Balaban J connectivity index is 1.43. The van der Waals surface area contributed by atoms with Gasteiger partial charge in [-0.3, -0.25) is 14.0 Å². The van der Waals surface area contributed by atoms with Crippen molar-refractivity contribution in [2.75, 3.05) is 20.1 Å². The first kappa shape index (κ1) is 17.0. The molecule has 1 fully saturated rings. The minimum absolute atomic E-state index is 0.0659. The van der Waals surface area contributed by atoms with Gasteiger partial charge in [-0.05, 0) is 31.2 Å². The van der Waals surface area contributed by atoms with Crippen LogP contribution >= 0.6 is 0 Å². The number of H-pyrrole nitrogens is 1. The van der Waals surface area contributed by atoms with Gasteiger partial charge in [0, 0.05) is 37.6 Å². The number of aromatic nitrogens is 4. The van der Waals surface area contributed by atoms with Crippen LogP contribution in [0, 0.1) is 6.92 Å². The summed E-state index contributed by atoms with van der Waals surface area (Å²) in [5, 5.41) is 6.21. The summed E-state index contributed by atoms with van der Waals surface area (Å²) in [5.41, 5.74) is 1.68. The molecule has 0 atom stereocenters. The molecule has 0 bridgehead atoms. The summed E-state index contributed by atoms with van der Waals surface area (Å²) in [5.74, 6) is -0.313. The van der Waals surface area contributed by atoms with Crippen molar-refractivity contribution in [2.24, 2.45) is 0 Å². The molecule has 1 saturated heterocycles. The van der Waals surface area contributed by atoms with Crippen molar-refractivity contribution in [3.63, 3.8) is 0 Å². The van der Waals surface area contributed by atoms with E-state index in [9.17, 15) is 14.4 Å². The molecule has 4 heterocycles. The van der Waals surface area contributed by atoms with E-state index in [4.69, 9.17) is 0 Å². The predicted octanol–water partition coefficient (Wildman–Crippen LogP) is 0.323. The van der Waals surface area contributed by atoms with Crippen molar-refractivity contribution in [3.8, 4) is 0 Å². The van der Waals surface area contributed by atoms with Gasteiger partial charge >= 0.3 is 5.69 Å². The van der Waals surface area contributed by atoms with Crippen molar-refractivity contribution < 1.29 is 9.59 Å². The average Bonchev–Trinajstić information content (AvgIpc) is 3.00. The maximum Gasteiger partial charge on any atom is 0.347 e. The van der Waals surface area contributed by atoms with Crippen LogP contribution in [0.15, 0.2) is 41.3 Å². The maximum atomic E-state index is 12.7. The second-order valence-electron chi connectivity index (χ2n) is 6.62. The smallest absolute Gasteiger partial charge is 0.335 e. The van der Waals surface area contributed by atoms with E-state index in [1.165, 1.54) is 10.6 Å². The van der Waals surface area contributed by atoms with Crippen molar-refractivity contribution in [2.45, 2.75) is 13.0 Å². The largest absolute Gasteiger partial charge is 0.347 e. The number of hydrogen-bond acceptors (Lipinski definition) is 5. The number of likely N-dealkylation sites (tertiary alicyclic amines) is 1. The SMILES string of the molecule is Cc1cccc(C(=O)N2CC(N(C)C(=O)c3ccn4c(=O)[nH]nc4c3)C2)n1. The number of nitrogens with zero attached hydrogens (tertiary/aromatic N) is 5. The zero-order valence-electron chi connectivity index (χ0n) is 14.9. The van der Waals surface area contributed by atoms with Gasteiger partial charge in [0.25, 0.3) is 11.8 Å². The van der Waals surface area contributed by atoms with Gasteiger partial charge in [-0.2, -0.15) is 5.10 Å². The molecule has 0 aliphatic carbocycles. The lowest BCUT2D eigenvalue weighted by Gasteiger charge is -2.43. The van der Waals surface area contributed by atoms with E-state index in [2.05, 4.69) is 15.2 Å². The third-order valence-corrected chi connectivity index (χ3v) is 4.79. The molecule has 9 nitrogen and oxygen atoms in total. The van der Waals surface area contributed by atoms with Crippen LogP contribution in [0.4, 0.5) is 0 Å². The Hall–Kier alpha value is -3.49. The van der Waals surface area contributed by atoms with Crippen LogP contribution in [-0.2, 0) is 0 Å². The number of nitrogens with one attached hydrogen (secondary N) is 1. The first-order valence-electron chi connectivity index (χ1n) is 8.51.